The molecule has 28 heavy (non-hydrogen) atoms. The lowest BCUT2D eigenvalue weighted by molar-refractivity contribution is -0.0912. The fourth-order valence-corrected chi connectivity index (χ4v) is 5.16. The van der Waals surface area contributed by atoms with Crippen molar-refractivity contribution in [1.29, 1.82) is 0 Å². The van der Waals surface area contributed by atoms with Crippen molar-refractivity contribution in [2.75, 3.05) is 5.32 Å². The Balaban J connectivity index is 1.58. The van der Waals surface area contributed by atoms with Crippen LogP contribution in [0, 0.1) is 5.92 Å². The number of amides is 2. The first-order chi connectivity index (χ1) is 13.6. The second-order valence-corrected chi connectivity index (χ2v) is 8.11. The minimum atomic E-state index is -0.282. The average Bonchev–Trinajstić information content (AvgIpc) is 3.20. The van der Waals surface area contributed by atoms with E-state index in [0.29, 0.717) is 11.0 Å². The van der Waals surface area contributed by atoms with Crippen LogP contribution in [-0.4, -0.2) is 26.9 Å². The molecule has 2 aromatic heterocycles. The first-order valence-corrected chi connectivity index (χ1v) is 10.5. The Morgan fingerprint density at radius 3 is 2.57 bits per heavy atom. The highest BCUT2D eigenvalue weighted by Crippen LogP contribution is 2.52. The zero-order valence-corrected chi connectivity index (χ0v) is 17.1. The van der Waals surface area contributed by atoms with E-state index in [2.05, 4.69) is 48.2 Å². The van der Waals surface area contributed by atoms with Gasteiger partial charge in [-0.1, -0.05) is 44.2 Å². The SMILES string of the molecule is CCC1(c2ccccc2)C(C)C(C)N1C(=O)Nc1nc(-c2ccncc2)cs1. The smallest absolute Gasteiger partial charge is 0.311 e. The molecule has 3 heterocycles. The van der Waals surface area contributed by atoms with Gasteiger partial charge in [0.2, 0.25) is 0 Å². The van der Waals surface area contributed by atoms with Gasteiger partial charge in [0.15, 0.2) is 5.13 Å². The summed E-state index contributed by atoms with van der Waals surface area (Å²) in [5.41, 5.74) is 2.74. The van der Waals surface area contributed by atoms with Gasteiger partial charge in [0, 0.05) is 35.3 Å². The zero-order valence-electron chi connectivity index (χ0n) is 16.3. The average molecular weight is 393 g/mol. The number of hydrogen-bond donors (Lipinski definition) is 1. The summed E-state index contributed by atoms with van der Waals surface area (Å²) in [5, 5.41) is 5.59. The number of urea groups is 1. The summed E-state index contributed by atoms with van der Waals surface area (Å²) in [4.78, 5) is 23.8. The van der Waals surface area contributed by atoms with Crippen LogP contribution in [-0.2, 0) is 5.54 Å². The van der Waals surface area contributed by atoms with Gasteiger partial charge in [-0.05, 0) is 31.0 Å². The van der Waals surface area contributed by atoms with Crippen molar-refractivity contribution in [3.8, 4) is 11.3 Å². The molecule has 1 aliphatic heterocycles. The molecule has 1 saturated heterocycles. The summed E-state index contributed by atoms with van der Waals surface area (Å²) < 4.78 is 0. The van der Waals surface area contributed by atoms with E-state index in [4.69, 9.17) is 0 Å². The van der Waals surface area contributed by atoms with Crippen LogP contribution in [0.15, 0.2) is 60.2 Å². The molecule has 2 amide bonds. The molecule has 1 fully saturated rings. The molecule has 1 aliphatic rings. The van der Waals surface area contributed by atoms with Gasteiger partial charge < -0.3 is 4.90 Å². The van der Waals surface area contributed by atoms with Gasteiger partial charge in [-0.15, -0.1) is 11.3 Å². The van der Waals surface area contributed by atoms with Crippen LogP contribution in [0.2, 0.25) is 0 Å². The van der Waals surface area contributed by atoms with E-state index in [1.54, 1.807) is 12.4 Å². The summed E-state index contributed by atoms with van der Waals surface area (Å²) in [5.74, 6) is 0.384. The lowest BCUT2D eigenvalue weighted by Gasteiger charge is -2.62. The van der Waals surface area contributed by atoms with Gasteiger partial charge in [-0.3, -0.25) is 10.3 Å². The first-order valence-electron chi connectivity index (χ1n) is 9.59. The van der Waals surface area contributed by atoms with Gasteiger partial charge in [-0.2, -0.15) is 0 Å². The third-order valence-electron chi connectivity index (χ3n) is 6.04. The molecular formula is C22H24N4OS. The normalized spacial score (nSPS) is 23.9. The van der Waals surface area contributed by atoms with E-state index in [1.807, 2.05) is 40.6 Å². The van der Waals surface area contributed by atoms with Gasteiger partial charge in [0.25, 0.3) is 0 Å². The van der Waals surface area contributed by atoms with E-state index in [0.717, 1.165) is 17.7 Å². The molecule has 4 rings (SSSR count). The molecule has 0 saturated carbocycles. The van der Waals surface area contributed by atoms with E-state index >= 15 is 0 Å². The Morgan fingerprint density at radius 2 is 1.89 bits per heavy atom. The van der Waals surface area contributed by atoms with Crippen molar-refractivity contribution in [3.63, 3.8) is 0 Å². The largest absolute Gasteiger partial charge is 0.324 e. The van der Waals surface area contributed by atoms with Crippen molar-refractivity contribution < 1.29 is 4.79 Å². The predicted molar refractivity (Wildman–Crippen MR) is 113 cm³/mol. The van der Waals surface area contributed by atoms with Crippen molar-refractivity contribution >= 4 is 22.5 Å². The highest BCUT2D eigenvalue weighted by atomic mass is 32.1. The number of hydrogen-bond acceptors (Lipinski definition) is 4. The molecule has 3 atom stereocenters. The minimum absolute atomic E-state index is 0.0908. The summed E-state index contributed by atoms with van der Waals surface area (Å²) in [6, 6.07) is 14.2. The molecule has 6 heteroatoms. The minimum Gasteiger partial charge on any atom is -0.311 e. The Bertz CT molecular complexity index is 959. The number of likely N-dealkylation sites (tertiary alicyclic amines) is 1. The molecule has 0 radical (unpaired) electrons. The van der Waals surface area contributed by atoms with Crippen LogP contribution in [0.4, 0.5) is 9.93 Å². The summed E-state index contributed by atoms with van der Waals surface area (Å²) in [6.45, 7) is 6.50. The Kier molecular flexibility index (Phi) is 4.89. The summed E-state index contributed by atoms with van der Waals surface area (Å²) >= 11 is 1.44. The molecule has 3 aromatic rings. The number of pyridine rings is 1. The van der Waals surface area contributed by atoms with E-state index in [-0.39, 0.29) is 17.6 Å². The fourth-order valence-electron chi connectivity index (χ4n) is 4.45. The lowest BCUT2D eigenvalue weighted by atomic mass is 9.64. The number of rotatable bonds is 4. The number of nitrogens with zero attached hydrogens (tertiary/aromatic N) is 3. The fraction of sp³-hybridized carbons (Fsp3) is 0.318. The third-order valence-corrected chi connectivity index (χ3v) is 6.80. The number of carbonyl (C=O) groups excluding carboxylic acids is 1. The van der Waals surface area contributed by atoms with Crippen LogP contribution in [0.25, 0.3) is 11.3 Å². The molecular weight excluding hydrogens is 368 g/mol. The summed E-state index contributed by atoms with van der Waals surface area (Å²) in [6.07, 6.45) is 4.35. The van der Waals surface area contributed by atoms with Crippen molar-refractivity contribution in [2.45, 2.75) is 38.8 Å². The van der Waals surface area contributed by atoms with Crippen LogP contribution in [0.1, 0.15) is 32.8 Å². The molecule has 0 aliphatic carbocycles. The predicted octanol–water partition coefficient (Wildman–Crippen LogP) is 5.38. The second kappa shape index (κ2) is 7.36. The lowest BCUT2D eigenvalue weighted by Crippen LogP contribution is -2.71. The number of aromatic nitrogens is 2. The van der Waals surface area contributed by atoms with Crippen molar-refractivity contribution in [1.82, 2.24) is 14.9 Å². The number of benzene rings is 1. The second-order valence-electron chi connectivity index (χ2n) is 7.25. The van der Waals surface area contributed by atoms with Gasteiger partial charge in [0.1, 0.15) is 0 Å². The zero-order chi connectivity index (χ0) is 19.7. The number of thiazole rings is 1. The Morgan fingerprint density at radius 1 is 1.18 bits per heavy atom. The highest BCUT2D eigenvalue weighted by molar-refractivity contribution is 7.14. The molecule has 144 valence electrons. The van der Waals surface area contributed by atoms with Crippen LogP contribution < -0.4 is 5.32 Å². The molecule has 1 aromatic carbocycles. The van der Waals surface area contributed by atoms with Crippen molar-refractivity contribution in [3.05, 3.63) is 65.8 Å². The maximum Gasteiger partial charge on any atom is 0.324 e. The van der Waals surface area contributed by atoms with E-state index in [9.17, 15) is 4.79 Å². The number of carbonyl (C=O) groups is 1. The Hall–Kier alpha value is -2.73. The highest BCUT2D eigenvalue weighted by Gasteiger charge is 2.58. The molecule has 3 unspecified atom stereocenters. The van der Waals surface area contributed by atoms with Gasteiger partial charge in [0.05, 0.1) is 11.2 Å². The Labute approximate surface area is 169 Å². The molecule has 1 N–H and O–H groups in total. The standard InChI is InChI=1S/C22H24N4OS/c1-4-22(18-8-6-5-7-9-18)15(2)16(3)26(22)21(27)25-20-24-19(14-28-20)17-10-12-23-13-11-17/h5-16H,4H2,1-3H3,(H,24,25,27). The van der Waals surface area contributed by atoms with E-state index in [1.165, 1.54) is 16.9 Å². The summed E-state index contributed by atoms with van der Waals surface area (Å²) in [7, 11) is 0. The molecule has 0 spiro atoms. The maximum atomic E-state index is 13.2. The van der Waals surface area contributed by atoms with Crippen LogP contribution in [0.3, 0.4) is 0 Å². The van der Waals surface area contributed by atoms with Crippen LogP contribution >= 0.6 is 11.3 Å². The van der Waals surface area contributed by atoms with Crippen molar-refractivity contribution in [2.24, 2.45) is 5.92 Å². The topological polar surface area (TPSA) is 58.1 Å². The monoisotopic (exact) mass is 392 g/mol. The number of nitrogens with one attached hydrogen (secondary N) is 1. The number of anilines is 1. The quantitative estimate of drug-likeness (QED) is 0.648. The van der Waals surface area contributed by atoms with Gasteiger partial charge >= 0.3 is 6.03 Å². The van der Waals surface area contributed by atoms with Gasteiger partial charge in [-0.25, -0.2) is 9.78 Å². The third kappa shape index (κ3) is 2.88. The first kappa shape index (κ1) is 18.6. The molecule has 0 bridgehead atoms. The van der Waals surface area contributed by atoms with E-state index < -0.39 is 0 Å². The maximum absolute atomic E-state index is 13.2. The van der Waals surface area contributed by atoms with Crippen LogP contribution in [0.5, 0.6) is 0 Å². The molecule has 5 nitrogen and oxygen atoms in total.